The number of carbonyl (C=O) groups is 1. The molecular weight excluding hydrogens is 428 g/mol. The Morgan fingerprint density at radius 1 is 1.22 bits per heavy atom. The Morgan fingerprint density at radius 2 is 2.06 bits per heavy atom. The van der Waals surface area contributed by atoms with Gasteiger partial charge in [0.25, 0.3) is 5.91 Å². The standard InChI is InChI=1S/C22H24N6O3S/c1-14-3-2-4-15(9-14)11-23-27-22-25-17-10-18(21(29)24-16-12-31-13-16)32-19(17)20(26-22)28-5-7-30-8-6-28/h2-4,9-11,16H,5-8,12-13H2,1H3,(H,24,29)(H,25,26,27)/b23-11+. The van der Waals surface area contributed by atoms with Crippen molar-refractivity contribution < 1.29 is 14.3 Å². The van der Waals surface area contributed by atoms with Crippen LogP contribution in [0.15, 0.2) is 35.4 Å². The summed E-state index contributed by atoms with van der Waals surface area (Å²) in [5.74, 6) is 1.07. The van der Waals surface area contributed by atoms with Gasteiger partial charge in [-0.05, 0) is 18.6 Å². The van der Waals surface area contributed by atoms with Crippen LogP contribution >= 0.6 is 11.3 Å². The molecule has 2 N–H and O–H groups in total. The van der Waals surface area contributed by atoms with Crippen LogP contribution in [0.3, 0.4) is 0 Å². The van der Waals surface area contributed by atoms with E-state index in [-0.39, 0.29) is 11.9 Å². The summed E-state index contributed by atoms with van der Waals surface area (Å²) in [6.07, 6.45) is 1.74. The third-order valence-corrected chi connectivity index (χ3v) is 6.40. The molecule has 2 aliphatic heterocycles. The number of fused-ring (bicyclic) bond motifs is 1. The van der Waals surface area contributed by atoms with Crippen LogP contribution in [0.25, 0.3) is 10.2 Å². The van der Waals surface area contributed by atoms with Gasteiger partial charge < -0.3 is 19.7 Å². The Kier molecular flexibility index (Phi) is 5.97. The van der Waals surface area contributed by atoms with Crippen molar-refractivity contribution in [1.29, 1.82) is 0 Å². The van der Waals surface area contributed by atoms with E-state index in [1.54, 1.807) is 6.21 Å². The number of anilines is 2. The van der Waals surface area contributed by atoms with E-state index in [0.717, 1.165) is 34.7 Å². The predicted molar refractivity (Wildman–Crippen MR) is 125 cm³/mol. The first-order valence-corrected chi connectivity index (χ1v) is 11.4. The Hall–Kier alpha value is -3.08. The Bertz CT molecular complexity index is 1150. The van der Waals surface area contributed by atoms with Crippen LogP contribution in [0.5, 0.6) is 0 Å². The number of hydrogen-bond acceptors (Lipinski definition) is 9. The number of thiophene rings is 1. The monoisotopic (exact) mass is 452 g/mol. The molecule has 32 heavy (non-hydrogen) atoms. The van der Waals surface area contributed by atoms with Gasteiger partial charge in [0.1, 0.15) is 0 Å². The van der Waals surface area contributed by atoms with Gasteiger partial charge >= 0.3 is 0 Å². The molecule has 3 aromatic rings. The van der Waals surface area contributed by atoms with Crippen LogP contribution < -0.4 is 15.6 Å². The number of morpholine rings is 1. The summed E-state index contributed by atoms with van der Waals surface area (Å²) in [7, 11) is 0. The molecule has 1 amide bonds. The predicted octanol–water partition coefficient (Wildman–Crippen LogP) is 2.41. The van der Waals surface area contributed by atoms with Gasteiger partial charge in [-0.15, -0.1) is 11.3 Å². The number of aromatic nitrogens is 2. The van der Waals surface area contributed by atoms with Crippen molar-refractivity contribution in [2.24, 2.45) is 5.10 Å². The second-order valence-electron chi connectivity index (χ2n) is 7.79. The third kappa shape index (κ3) is 4.57. The SMILES string of the molecule is Cc1cccc(/C=N/Nc2nc(N3CCOCC3)c3sc(C(=O)NC4COC4)cc3n2)c1. The second-order valence-corrected chi connectivity index (χ2v) is 8.84. The van der Waals surface area contributed by atoms with E-state index < -0.39 is 0 Å². The number of hydrogen-bond donors (Lipinski definition) is 2. The van der Waals surface area contributed by atoms with Gasteiger partial charge in [-0.25, -0.2) is 10.4 Å². The lowest BCUT2D eigenvalue weighted by molar-refractivity contribution is -0.00338. The van der Waals surface area contributed by atoms with Gasteiger partial charge in [0.2, 0.25) is 5.95 Å². The smallest absolute Gasteiger partial charge is 0.261 e. The molecule has 2 aliphatic rings. The first-order valence-electron chi connectivity index (χ1n) is 10.5. The van der Waals surface area contributed by atoms with Gasteiger partial charge in [-0.3, -0.25) is 4.79 Å². The number of amides is 1. The molecule has 0 atom stereocenters. The molecule has 2 saturated heterocycles. The summed E-state index contributed by atoms with van der Waals surface area (Å²) in [4.78, 5) is 24.8. The Balaban J connectivity index is 1.43. The van der Waals surface area contributed by atoms with E-state index in [4.69, 9.17) is 14.5 Å². The summed E-state index contributed by atoms with van der Waals surface area (Å²) in [5.41, 5.74) is 5.82. The molecule has 1 aromatic carbocycles. The number of carbonyl (C=O) groups excluding carboxylic acids is 1. The van der Waals surface area contributed by atoms with Crippen molar-refractivity contribution in [3.8, 4) is 0 Å². The van der Waals surface area contributed by atoms with E-state index in [2.05, 4.69) is 25.7 Å². The highest BCUT2D eigenvalue weighted by Crippen LogP contribution is 2.33. The number of hydrazone groups is 1. The molecular formula is C22H24N6O3S. The van der Waals surface area contributed by atoms with Crippen LogP contribution in [-0.2, 0) is 9.47 Å². The maximum atomic E-state index is 12.7. The summed E-state index contributed by atoms with van der Waals surface area (Å²) in [6.45, 7) is 5.90. The number of rotatable bonds is 6. The van der Waals surface area contributed by atoms with Crippen molar-refractivity contribution in [3.05, 3.63) is 46.3 Å². The largest absolute Gasteiger partial charge is 0.378 e. The molecule has 10 heteroatoms. The van der Waals surface area contributed by atoms with Crippen molar-refractivity contribution in [1.82, 2.24) is 15.3 Å². The van der Waals surface area contributed by atoms with Crippen molar-refractivity contribution in [2.45, 2.75) is 13.0 Å². The normalized spacial score (nSPS) is 17.0. The minimum absolute atomic E-state index is 0.0747. The van der Waals surface area contributed by atoms with Crippen LogP contribution in [0, 0.1) is 6.92 Å². The number of benzene rings is 1. The topological polar surface area (TPSA) is 101 Å². The average molecular weight is 453 g/mol. The molecule has 2 fully saturated rings. The molecule has 2 aromatic heterocycles. The lowest BCUT2D eigenvalue weighted by atomic mass is 10.2. The number of nitrogens with one attached hydrogen (secondary N) is 2. The second kappa shape index (κ2) is 9.19. The minimum atomic E-state index is -0.110. The zero-order valence-corrected chi connectivity index (χ0v) is 18.5. The molecule has 0 aliphatic carbocycles. The molecule has 5 rings (SSSR count). The molecule has 0 bridgehead atoms. The molecule has 9 nitrogen and oxygen atoms in total. The summed E-state index contributed by atoms with van der Waals surface area (Å²) < 4.78 is 11.5. The fourth-order valence-electron chi connectivity index (χ4n) is 3.56. The minimum Gasteiger partial charge on any atom is -0.378 e. The van der Waals surface area contributed by atoms with Crippen molar-refractivity contribution in [3.63, 3.8) is 0 Å². The first-order chi connectivity index (χ1) is 15.7. The van der Waals surface area contributed by atoms with Gasteiger partial charge in [-0.1, -0.05) is 29.8 Å². The molecule has 0 spiro atoms. The summed E-state index contributed by atoms with van der Waals surface area (Å²) in [6, 6.07) is 9.95. The average Bonchev–Trinajstić information content (AvgIpc) is 3.21. The molecule has 0 saturated carbocycles. The number of ether oxygens (including phenoxy) is 2. The zero-order valence-electron chi connectivity index (χ0n) is 17.7. The number of nitrogens with zero attached hydrogens (tertiary/aromatic N) is 4. The lowest BCUT2D eigenvalue weighted by Crippen LogP contribution is -2.48. The summed E-state index contributed by atoms with van der Waals surface area (Å²) >= 11 is 1.41. The van der Waals surface area contributed by atoms with Gasteiger partial charge in [0, 0.05) is 13.1 Å². The Labute approximate surface area is 189 Å². The highest BCUT2D eigenvalue weighted by molar-refractivity contribution is 7.21. The molecule has 0 unspecified atom stereocenters. The van der Waals surface area contributed by atoms with Gasteiger partial charge in [-0.2, -0.15) is 10.1 Å². The van der Waals surface area contributed by atoms with Crippen LogP contribution in [0.4, 0.5) is 11.8 Å². The van der Waals surface area contributed by atoms with E-state index in [1.807, 2.05) is 37.3 Å². The maximum absolute atomic E-state index is 12.7. The lowest BCUT2D eigenvalue weighted by Gasteiger charge is -2.28. The third-order valence-electron chi connectivity index (χ3n) is 5.28. The molecule has 166 valence electrons. The highest BCUT2D eigenvalue weighted by Gasteiger charge is 2.24. The molecule has 0 radical (unpaired) electrons. The van der Waals surface area contributed by atoms with Crippen LogP contribution in [0.2, 0.25) is 0 Å². The highest BCUT2D eigenvalue weighted by atomic mass is 32.1. The van der Waals surface area contributed by atoms with Crippen molar-refractivity contribution >= 4 is 45.4 Å². The quantitative estimate of drug-likeness (QED) is 0.438. The molecule has 4 heterocycles. The maximum Gasteiger partial charge on any atom is 0.261 e. The Morgan fingerprint density at radius 3 is 2.81 bits per heavy atom. The van der Waals surface area contributed by atoms with E-state index in [9.17, 15) is 4.79 Å². The summed E-state index contributed by atoms with van der Waals surface area (Å²) in [5, 5.41) is 7.30. The van der Waals surface area contributed by atoms with E-state index in [1.165, 1.54) is 16.9 Å². The first kappa shape index (κ1) is 20.8. The van der Waals surface area contributed by atoms with Crippen LogP contribution in [-0.4, -0.2) is 67.6 Å². The number of aryl methyl sites for hydroxylation is 1. The zero-order chi connectivity index (χ0) is 21.9. The van der Waals surface area contributed by atoms with E-state index >= 15 is 0 Å². The van der Waals surface area contributed by atoms with Gasteiger partial charge in [0.15, 0.2) is 5.82 Å². The fourth-order valence-corrected chi connectivity index (χ4v) is 4.57. The fraction of sp³-hybridized carbons (Fsp3) is 0.364. The van der Waals surface area contributed by atoms with E-state index in [0.29, 0.717) is 37.3 Å². The van der Waals surface area contributed by atoms with Gasteiger partial charge in [0.05, 0.1) is 53.8 Å². The van der Waals surface area contributed by atoms with Crippen LogP contribution in [0.1, 0.15) is 20.8 Å². The van der Waals surface area contributed by atoms with Crippen molar-refractivity contribution in [2.75, 3.05) is 49.8 Å².